The van der Waals surface area contributed by atoms with E-state index in [1.54, 1.807) is 6.07 Å². The standard InChI is InChI=1S/C15H20ClNO2/c1-10(18)14-8-12(16)7-11(15(14)19)9-17(2)13-5-3-4-6-13/h7-8,13,19H,3-6,9H2,1-2H3. The maximum atomic E-state index is 11.5. The van der Waals surface area contributed by atoms with Crippen LogP contribution in [0.4, 0.5) is 0 Å². The van der Waals surface area contributed by atoms with Gasteiger partial charge in [0, 0.05) is 23.2 Å². The molecule has 0 heterocycles. The molecule has 0 aliphatic heterocycles. The highest BCUT2D eigenvalue weighted by Crippen LogP contribution is 2.30. The Balaban J connectivity index is 2.21. The first-order valence-corrected chi connectivity index (χ1v) is 7.09. The van der Waals surface area contributed by atoms with Gasteiger partial charge in [-0.15, -0.1) is 0 Å². The zero-order valence-electron chi connectivity index (χ0n) is 11.4. The molecule has 2 rings (SSSR count). The number of phenolic OH excluding ortho intramolecular Hbond substituents is 1. The molecular formula is C15H20ClNO2. The third-order valence-corrected chi connectivity index (χ3v) is 4.12. The second-order valence-electron chi connectivity index (χ2n) is 5.37. The second kappa shape index (κ2) is 5.93. The number of halogens is 1. The van der Waals surface area contributed by atoms with Crippen molar-refractivity contribution in [3.05, 3.63) is 28.3 Å². The average Bonchev–Trinajstić information content (AvgIpc) is 2.86. The van der Waals surface area contributed by atoms with Gasteiger partial charge in [0.1, 0.15) is 5.75 Å². The molecule has 104 valence electrons. The van der Waals surface area contributed by atoms with Crippen LogP contribution in [-0.4, -0.2) is 28.9 Å². The van der Waals surface area contributed by atoms with Gasteiger partial charge in [-0.05, 0) is 38.9 Å². The number of carbonyl (C=O) groups excluding carboxylic acids is 1. The van der Waals surface area contributed by atoms with E-state index in [1.807, 2.05) is 0 Å². The second-order valence-corrected chi connectivity index (χ2v) is 5.81. The Morgan fingerprint density at radius 1 is 1.42 bits per heavy atom. The molecule has 1 aromatic carbocycles. The number of phenols is 1. The molecule has 0 bridgehead atoms. The molecule has 0 atom stereocenters. The highest BCUT2D eigenvalue weighted by atomic mass is 35.5. The fourth-order valence-corrected chi connectivity index (χ4v) is 3.03. The summed E-state index contributed by atoms with van der Waals surface area (Å²) in [7, 11) is 2.06. The van der Waals surface area contributed by atoms with Gasteiger partial charge in [-0.2, -0.15) is 0 Å². The first-order valence-electron chi connectivity index (χ1n) is 6.71. The molecule has 0 saturated heterocycles. The lowest BCUT2D eigenvalue weighted by atomic mass is 10.0. The predicted molar refractivity (Wildman–Crippen MR) is 76.8 cm³/mol. The van der Waals surface area contributed by atoms with Crippen LogP contribution in [0.3, 0.4) is 0 Å². The van der Waals surface area contributed by atoms with Crippen LogP contribution in [0.1, 0.15) is 48.5 Å². The number of benzene rings is 1. The first kappa shape index (κ1) is 14.4. The first-order chi connectivity index (χ1) is 8.99. The zero-order valence-corrected chi connectivity index (χ0v) is 12.2. The van der Waals surface area contributed by atoms with Crippen molar-refractivity contribution in [3.63, 3.8) is 0 Å². The van der Waals surface area contributed by atoms with Crippen molar-refractivity contribution in [1.29, 1.82) is 0 Å². The smallest absolute Gasteiger partial charge is 0.163 e. The van der Waals surface area contributed by atoms with Crippen molar-refractivity contribution in [1.82, 2.24) is 4.90 Å². The predicted octanol–water partition coefficient (Wildman–Crippen LogP) is 3.62. The molecule has 1 N–H and O–H groups in total. The topological polar surface area (TPSA) is 40.5 Å². The summed E-state index contributed by atoms with van der Waals surface area (Å²) in [4.78, 5) is 13.7. The van der Waals surface area contributed by atoms with Crippen LogP contribution in [0, 0.1) is 0 Å². The number of nitrogens with zero attached hydrogens (tertiary/aromatic N) is 1. The lowest BCUT2D eigenvalue weighted by molar-refractivity contribution is 0.101. The van der Waals surface area contributed by atoms with E-state index in [0.29, 0.717) is 23.2 Å². The Morgan fingerprint density at radius 3 is 2.63 bits per heavy atom. The van der Waals surface area contributed by atoms with Crippen LogP contribution in [0.25, 0.3) is 0 Å². The van der Waals surface area contributed by atoms with Crippen LogP contribution < -0.4 is 0 Å². The van der Waals surface area contributed by atoms with Gasteiger partial charge in [-0.3, -0.25) is 9.69 Å². The van der Waals surface area contributed by atoms with Crippen molar-refractivity contribution in [3.8, 4) is 5.75 Å². The average molecular weight is 282 g/mol. The summed E-state index contributed by atoms with van der Waals surface area (Å²) in [6.07, 6.45) is 4.96. The normalized spacial score (nSPS) is 16.2. The summed E-state index contributed by atoms with van der Waals surface area (Å²) in [6.45, 7) is 2.06. The fourth-order valence-electron chi connectivity index (χ4n) is 2.79. The van der Waals surface area contributed by atoms with Gasteiger partial charge in [0.05, 0.1) is 5.56 Å². The van der Waals surface area contributed by atoms with E-state index in [0.717, 1.165) is 5.56 Å². The molecule has 0 amide bonds. The Hall–Kier alpha value is -1.06. The number of ketones is 1. The number of hydrogen-bond donors (Lipinski definition) is 1. The lowest BCUT2D eigenvalue weighted by Crippen LogP contribution is -2.28. The van der Waals surface area contributed by atoms with E-state index in [4.69, 9.17) is 11.6 Å². The molecule has 0 radical (unpaired) electrons. The van der Waals surface area contributed by atoms with Gasteiger partial charge in [-0.25, -0.2) is 0 Å². The van der Waals surface area contributed by atoms with E-state index < -0.39 is 0 Å². The molecule has 1 aliphatic carbocycles. The summed E-state index contributed by atoms with van der Waals surface area (Å²) in [6, 6.07) is 3.84. The molecular weight excluding hydrogens is 262 g/mol. The molecule has 0 spiro atoms. The summed E-state index contributed by atoms with van der Waals surface area (Å²) in [5.74, 6) is -0.0912. The Kier molecular flexibility index (Phi) is 4.48. The maximum Gasteiger partial charge on any atom is 0.163 e. The lowest BCUT2D eigenvalue weighted by Gasteiger charge is -2.24. The van der Waals surface area contributed by atoms with Crippen LogP contribution >= 0.6 is 11.6 Å². The van der Waals surface area contributed by atoms with E-state index in [9.17, 15) is 9.90 Å². The fraction of sp³-hybridized carbons (Fsp3) is 0.533. The number of hydrogen-bond acceptors (Lipinski definition) is 3. The minimum Gasteiger partial charge on any atom is -0.507 e. The third kappa shape index (κ3) is 3.28. The van der Waals surface area contributed by atoms with Crippen molar-refractivity contribution in [2.75, 3.05) is 7.05 Å². The van der Waals surface area contributed by atoms with Crippen molar-refractivity contribution in [2.24, 2.45) is 0 Å². The molecule has 0 aromatic heterocycles. The van der Waals surface area contributed by atoms with Gasteiger partial charge in [0.15, 0.2) is 5.78 Å². The minimum absolute atomic E-state index is 0.0711. The largest absolute Gasteiger partial charge is 0.507 e. The molecule has 4 heteroatoms. The maximum absolute atomic E-state index is 11.5. The van der Waals surface area contributed by atoms with Gasteiger partial charge < -0.3 is 5.11 Å². The van der Waals surface area contributed by atoms with E-state index in [1.165, 1.54) is 38.7 Å². The van der Waals surface area contributed by atoms with E-state index in [-0.39, 0.29) is 11.5 Å². The SMILES string of the molecule is CC(=O)c1cc(Cl)cc(CN(C)C2CCCC2)c1O. The highest BCUT2D eigenvalue weighted by Gasteiger charge is 2.21. The molecule has 1 aromatic rings. The Morgan fingerprint density at radius 2 is 2.05 bits per heavy atom. The van der Waals surface area contributed by atoms with Gasteiger partial charge in [-0.1, -0.05) is 24.4 Å². The van der Waals surface area contributed by atoms with Crippen molar-refractivity contribution >= 4 is 17.4 Å². The third-order valence-electron chi connectivity index (χ3n) is 3.90. The molecule has 19 heavy (non-hydrogen) atoms. The number of aromatic hydroxyl groups is 1. The Labute approximate surface area is 119 Å². The monoisotopic (exact) mass is 281 g/mol. The summed E-state index contributed by atoms with van der Waals surface area (Å²) in [5, 5.41) is 10.7. The molecule has 1 fully saturated rings. The number of Topliss-reactive ketones (excluding diaryl/α,β-unsaturated/α-hetero) is 1. The number of carbonyl (C=O) groups is 1. The van der Waals surface area contributed by atoms with Gasteiger partial charge in [0.25, 0.3) is 0 Å². The van der Waals surface area contributed by atoms with Gasteiger partial charge >= 0.3 is 0 Å². The van der Waals surface area contributed by atoms with E-state index in [2.05, 4.69) is 11.9 Å². The van der Waals surface area contributed by atoms with Crippen molar-refractivity contribution < 1.29 is 9.90 Å². The minimum atomic E-state index is -0.162. The Bertz CT molecular complexity index is 481. The quantitative estimate of drug-likeness (QED) is 0.857. The summed E-state index contributed by atoms with van der Waals surface area (Å²) >= 11 is 6.03. The molecule has 3 nitrogen and oxygen atoms in total. The molecule has 0 unspecified atom stereocenters. The van der Waals surface area contributed by atoms with Gasteiger partial charge in [0.2, 0.25) is 0 Å². The van der Waals surface area contributed by atoms with E-state index >= 15 is 0 Å². The molecule has 1 aliphatic rings. The van der Waals surface area contributed by atoms with Crippen LogP contribution in [0.15, 0.2) is 12.1 Å². The summed E-state index contributed by atoms with van der Waals surface area (Å²) in [5.41, 5.74) is 1.04. The summed E-state index contributed by atoms with van der Waals surface area (Å²) < 4.78 is 0. The van der Waals surface area contributed by atoms with Crippen LogP contribution in [0.5, 0.6) is 5.75 Å². The zero-order chi connectivity index (χ0) is 14.0. The molecule has 1 saturated carbocycles. The van der Waals surface area contributed by atoms with Crippen LogP contribution in [-0.2, 0) is 6.54 Å². The van der Waals surface area contributed by atoms with Crippen LogP contribution in [0.2, 0.25) is 5.02 Å². The van der Waals surface area contributed by atoms with Crippen molar-refractivity contribution in [2.45, 2.75) is 45.2 Å². The number of rotatable bonds is 4. The highest BCUT2D eigenvalue weighted by molar-refractivity contribution is 6.31.